The first-order chi connectivity index (χ1) is 13.8. The standard InChI is InChI=1S/C20H18FNO6S/c21-15-2-4-16(5-3-15)29(25,26)12-14-1-6-17(13-7-9-27-11-13)19(28-10-8-22)18(14)20(23)24/h1-7,9,11H,8,10,12,22H2,(H,23,24). The summed E-state index contributed by atoms with van der Waals surface area (Å²) in [7, 11) is -3.92. The molecule has 0 fully saturated rings. The first kappa shape index (κ1) is 20.6. The molecule has 3 N–H and O–H groups in total. The Kier molecular flexibility index (Phi) is 6.00. The molecule has 152 valence electrons. The van der Waals surface area contributed by atoms with Crippen LogP contribution in [-0.2, 0) is 15.6 Å². The molecule has 0 atom stereocenters. The van der Waals surface area contributed by atoms with Crippen LogP contribution in [0.25, 0.3) is 11.1 Å². The van der Waals surface area contributed by atoms with Gasteiger partial charge in [0, 0.05) is 17.7 Å². The summed E-state index contributed by atoms with van der Waals surface area (Å²) >= 11 is 0. The van der Waals surface area contributed by atoms with Gasteiger partial charge in [-0.2, -0.15) is 0 Å². The van der Waals surface area contributed by atoms with Gasteiger partial charge in [0.1, 0.15) is 23.7 Å². The van der Waals surface area contributed by atoms with Gasteiger partial charge >= 0.3 is 5.97 Å². The maximum Gasteiger partial charge on any atom is 0.339 e. The van der Waals surface area contributed by atoms with E-state index >= 15 is 0 Å². The number of aromatic carboxylic acids is 1. The third-order valence-corrected chi connectivity index (χ3v) is 5.85. The lowest BCUT2D eigenvalue weighted by Gasteiger charge is -2.16. The maximum absolute atomic E-state index is 13.1. The fraction of sp³-hybridized carbons (Fsp3) is 0.150. The van der Waals surface area contributed by atoms with Crippen molar-refractivity contribution in [2.24, 2.45) is 5.73 Å². The van der Waals surface area contributed by atoms with Crippen molar-refractivity contribution in [2.45, 2.75) is 10.6 Å². The van der Waals surface area contributed by atoms with E-state index in [1.54, 1.807) is 12.1 Å². The lowest BCUT2D eigenvalue weighted by Crippen LogP contribution is -2.16. The molecule has 0 aliphatic carbocycles. The van der Waals surface area contributed by atoms with Crippen molar-refractivity contribution >= 4 is 15.8 Å². The van der Waals surface area contributed by atoms with E-state index in [0.29, 0.717) is 11.1 Å². The van der Waals surface area contributed by atoms with Gasteiger partial charge in [-0.05, 0) is 35.9 Å². The zero-order chi connectivity index (χ0) is 21.0. The largest absolute Gasteiger partial charge is 0.491 e. The number of rotatable bonds is 8. The second-order valence-electron chi connectivity index (χ2n) is 6.14. The van der Waals surface area contributed by atoms with E-state index in [1.807, 2.05) is 0 Å². The van der Waals surface area contributed by atoms with E-state index < -0.39 is 27.4 Å². The molecule has 0 aliphatic heterocycles. The highest BCUT2D eigenvalue weighted by Gasteiger charge is 2.26. The summed E-state index contributed by atoms with van der Waals surface area (Å²) in [6, 6.07) is 8.95. The molecule has 3 rings (SSSR count). The molecule has 0 spiro atoms. The van der Waals surface area contributed by atoms with E-state index in [-0.39, 0.29) is 34.9 Å². The van der Waals surface area contributed by atoms with Gasteiger partial charge in [0.2, 0.25) is 0 Å². The van der Waals surface area contributed by atoms with Gasteiger partial charge in [-0.25, -0.2) is 17.6 Å². The number of carboxylic acids is 1. The molecule has 0 saturated carbocycles. The number of hydrogen-bond donors (Lipinski definition) is 2. The van der Waals surface area contributed by atoms with Gasteiger partial charge < -0.3 is 20.0 Å². The Morgan fingerprint density at radius 2 is 1.86 bits per heavy atom. The minimum atomic E-state index is -3.92. The van der Waals surface area contributed by atoms with Gasteiger partial charge in [0.05, 0.1) is 23.2 Å². The predicted octanol–water partition coefficient (Wildman–Crippen LogP) is 3.10. The molecule has 1 aromatic heterocycles. The fourth-order valence-corrected chi connectivity index (χ4v) is 4.23. The molecule has 29 heavy (non-hydrogen) atoms. The zero-order valence-corrected chi connectivity index (χ0v) is 16.0. The van der Waals surface area contributed by atoms with Crippen LogP contribution in [0.2, 0.25) is 0 Å². The molecule has 0 unspecified atom stereocenters. The van der Waals surface area contributed by atoms with Crippen molar-refractivity contribution in [3.05, 3.63) is 71.9 Å². The predicted molar refractivity (Wildman–Crippen MR) is 103 cm³/mol. The third-order valence-electron chi connectivity index (χ3n) is 4.17. The number of ether oxygens (including phenoxy) is 1. The number of hydrogen-bond acceptors (Lipinski definition) is 6. The first-order valence-corrected chi connectivity index (χ1v) is 10.2. The summed E-state index contributed by atoms with van der Waals surface area (Å²) in [4.78, 5) is 11.9. The van der Waals surface area contributed by atoms with Crippen LogP contribution < -0.4 is 10.5 Å². The lowest BCUT2D eigenvalue weighted by molar-refractivity contribution is 0.0691. The molecule has 7 nitrogen and oxygen atoms in total. The number of benzene rings is 2. The van der Waals surface area contributed by atoms with Crippen molar-refractivity contribution in [3.8, 4) is 16.9 Å². The number of nitrogens with two attached hydrogens (primary N) is 1. The van der Waals surface area contributed by atoms with Gasteiger partial charge in [0.25, 0.3) is 0 Å². The van der Waals surface area contributed by atoms with Gasteiger partial charge in [-0.3, -0.25) is 0 Å². The molecule has 9 heteroatoms. The van der Waals surface area contributed by atoms with E-state index in [1.165, 1.54) is 18.6 Å². The quantitative estimate of drug-likeness (QED) is 0.538. The highest BCUT2D eigenvalue weighted by molar-refractivity contribution is 7.90. The monoisotopic (exact) mass is 419 g/mol. The number of carboxylic acid groups (broad SMARTS) is 1. The highest BCUT2D eigenvalue weighted by Crippen LogP contribution is 2.37. The Hall–Kier alpha value is -3.17. The summed E-state index contributed by atoms with van der Waals surface area (Å²) < 4.78 is 49.2. The van der Waals surface area contributed by atoms with Crippen LogP contribution in [0.4, 0.5) is 4.39 Å². The van der Waals surface area contributed by atoms with Crippen LogP contribution in [0, 0.1) is 5.82 Å². The van der Waals surface area contributed by atoms with E-state index in [2.05, 4.69) is 0 Å². The number of sulfone groups is 1. The normalized spacial score (nSPS) is 11.4. The molecular formula is C20H18FNO6S. The summed E-state index contributed by atoms with van der Waals surface area (Å²) in [6.45, 7) is 0.182. The van der Waals surface area contributed by atoms with Crippen molar-refractivity contribution < 1.29 is 31.9 Å². The fourth-order valence-electron chi connectivity index (χ4n) is 2.86. The van der Waals surface area contributed by atoms with Crippen LogP contribution in [0.15, 0.2) is 64.3 Å². The summed E-state index contributed by atoms with van der Waals surface area (Å²) in [6.07, 6.45) is 2.85. The second-order valence-corrected chi connectivity index (χ2v) is 8.13. The van der Waals surface area contributed by atoms with Crippen LogP contribution in [0.1, 0.15) is 15.9 Å². The number of halogens is 1. The molecule has 0 radical (unpaired) electrons. The molecule has 0 aliphatic rings. The summed E-state index contributed by atoms with van der Waals surface area (Å²) in [5.41, 5.74) is 6.26. The van der Waals surface area contributed by atoms with E-state index in [4.69, 9.17) is 14.9 Å². The van der Waals surface area contributed by atoms with Crippen LogP contribution in [0.3, 0.4) is 0 Å². The minimum Gasteiger partial charge on any atom is -0.491 e. The van der Waals surface area contributed by atoms with Gasteiger partial charge in [-0.1, -0.05) is 12.1 Å². The highest BCUT2D eigenvalue weighted by atomic mass is 32.2. The Bertz CT molecular complexity index is 1110. The van der Waals surface area contributed by atoms with Crippen molar-refractivity contribution in [2.75, 3.05) is 13.2 Å². The third kappa shape index (κ3) is 4.47. The summed E-state index contributed by atoms with van der Waals surface area (Å²) in [5.74, 6) is -2.50. The first-order valence-electron chi connectivity index (χ1n) is 8.56. The number of furan rings is 1. The van der Waals surface area contributed by atoms with Gasteiger partial charge in [0.15, 0.2) is 9.84 Å². The average molecular weight is 419 g/mol. The maximum atomic E-state index is 13.1. The Morgan fingerprint density at radius 1 is 1.14 bits per heavy atom. The smallest absolute Gasteiger partial charge is 0.339 e. The lowest BCUT2D eigenvalue weighted by atomic mass is 9.99. The molecule has 0 saturated heterocycles. The summed E-state index contributed by atoms with van der Waals surface area (Å²) in [5, 5.41) is 9.79. The van der Waals surface area contributed by atoms with Crippen molar-refractivity contribution in [1.29, 1.82) is 0 Å². The molecule has 2 aromatic carbocycles. The van der Waals surface area contributed by atoms with Crippen molar-refractivity contribution in [3.63, 3.8) is 0 Å². The Balaban J connectivity index is 2.11. The minimum absolute atomic E-state index is 0.0103. The zero-order valence-electron chi connectivity index (χ0n) is 15.2. The second kappa shape index (κ2) is 8.46. The van der Waals surface area contributed by atoms with Crippen LogP contribution in [-0.4, -0.2) is 32.6 Å². The van der Waals surface area contributed by atoms with E-state index in [0.717, 1.165) is 24.3 Å². The Labute approximate surface area is 166 Å². The Morgan fingerprint density at radius 3 is 2.45 bits per heavy atom. The van der Waals surface area contributed by atoms with Crippen LogP contribution in [0.5, 0.6) is 5.75 Å². The SMILES string of the molecule is NCCOc1c(-c2ccoc2)ccc(CS(=O)(=O)c2ccc(F)cc2)c1C(=O)O. The van der Waals surface area contributed by atoms with Crippen LogP contribution >= 0.6 is 0 Å². The molecular weight excluding hydrogens is 401 g/mol. The van der Waals surface area contributed by atoms with E-state index in [9.17, 15) is 22.7 Å². The molecule has 3 aromatic rings. The van der Waals surface area contributed by atoms with Gasteiger partial charge in [-0.15, -0.1) is 0 Å². The molecule has 0 amide bonds. The molecule has 1 heterocycles. The van der Waals surface area contributed by atoms with Crippen molar-refractivity contribution in [1.82, 2.24) is 0 Å². The average Bonchev–Trinajstić information content (AvgIpc) is 3.20. The molecule has 0 bridgehead atoms. The topological polar surface area (TPSA) is 120 Å². The number of carbonyl (C=O) groups is 1.